The highest BCUT2D eigenvalue weighted by Gasteiger charge is 2.23. The summed E-state index contributed by atoms with van der Waals surface area (Å²) in [6.45, 7) is 3.55. The highest BCUT2D eigenvalue weighted by Crippen LogP contribution is 2.38. The molecule has 4 aromatic rings. The molecule has 192 valence electrons. The third-order valence-electron chi connectivity index (χ3n) is 6.86. The average molecular weight is 501 g/mol. The summed E-state index contributed by atoms with van der Waals surface area (Å²) in [7, 11) is 1.57. The van der Waals surface area contributed by atoms with Gasteiger partial charge in [0, 0.05) is 35.7 Å². The van der Waals surface area contributed by atoms with Gasteiger partial charge in [-0.3, -0.25) is 4.79 Å². The topological polar surface area (TPSA) is 107 Å². The molecule has 4 N–H and O–H groups in total. The van der Waals surface area contributed by atoms with Crippen molar-refractivity contribution in [2.24, 2.45) is 11.7 Å². The lowest BCUT2D eigenvalue weighted by atomic mass is 9.99. The smallest absolute Gasteiger partial charge is 0.307 e. The Kier molecular flexibility index (Phi) is 7.06. The largest absolute Gasteiger partial charge is 0.497 e. The van der Waals surface area contributed by atoms with Crippen LogP contribution in [0.2, 0.25) is 0 Å². The highest BCUT2D eigenvalue weighted by atomic mass is 16.5. The summed E-state index contributed by atoms with van der Waals surface area (Å²) >= 11 is 0. The van der Waals surface area contributed by atoms with Crippen LogP contribution in [0.25, 0.3) is 22.1 Å². The van der Waals surface area contributed by atoms with Crippen LogP contribution >= 0.6 is 0 Å². The van der Waals surface area contributed by atoms with Gasteiger partial charge in [-0.15, -0.1) is 0 Å². The highest BCUT2D eigenvalue weighted by molar-refractivity contribution is 5.96. The number of rotatable bonds is 11. The maximum atomic E-state index is 11.4. The van der Waals surface area contributed by atoms with E-state index in [0.29, 0.717) is 29.5 Å². The van der Waals surface area contributed by atoms with Crippen LogP contribution in [0.4, 0.5) is 5.69 Å². The minimum atomic E-state index is -0.921. The Balaban J connectivity index is 1.54. The summed E-state index contributed by atoms with van der Waals surface area (Å²) in [4.78, 5) is 11.4. The molecule has 7 nitrogen and oxygen atoms in total. The molecule has 1 heterocycles. The van der Waals surface area contributed by atoms with Crippen LogP contribution in [0.5, 0.6) is 11.5 Å². The fourth-order valence-electron chi connectivity index (χ4n) is 4.55. The summed E-state index contributed by atoms with van der Waals surface area (Å²) in [5.41, 5.74) is 12.4. The Morgan fingerprint density at radius 3 is 2.70 bits per heavy atom. The van der Waals surface area contributed by atoms with Gasteiger partial charge < -0.3 is 30.0 Å². The van der Waals surface area contributed by atoms with Gasteiger partial charge in [-0.1, -0.05) is 24.3 Å². The predicted molar refractivity (Wildman–Crippen MR) is 144 cm³/mol. The summed E-state index contributed by atoms with van der Waals surface area (Å²) in [5.74, 6) is 1.63. The van der Waals surface area contributed by atoms with Gasteiger partial charge >= 0.3 is 5.97 Å². The molecule has 0 spiro atoms. The van der Waals surface area contributed by atoms with Gasteiger partial charge in [-0.05, 0) is 66.6 Å². The molecule has 3 aromatic carbocycles. The molecule has 5 rings (SSSR count). The van der Waals surface area contributed by atoms with Crippen LogP contribution in [0, 0.1) is 12.8 Å². The van der Waals surface area contributed by atoms with Gasteiger partial charge in [0.2, 0.25) is 0 Å². The zero-order chi connectivity index (χ0) is 25.9. The maximum Gasteiger partial charge on any atom is 0.307 e. The summed E-state index contributed by atoms with van der Waals surface area (Å²) in [6.07, 6.45) is 2.37. The van der Waals surface area contributed by atoms with E-state index < -0.39 is 5.97 Å². The number of carboxylic acids is 1. The van der Waals surface area contributed by atoms with E-state index in [4.69, 9.17) is 19.6 Å². The molecule has 1 aliphatic carbocycles. The van der Waals surface area contributed by atoms with Crippen LogP contribution < -0.4 is 20.5 Å². The van der Waals surface area contributed by atoms with Crippen molar-refractivity contribution in [2.75, 3.05) is 19.0 Å². The van der Waals surface area contributed by atoms with E-state index in [2.05, 4.69) is 29.6 Å². The maximum absolute atomic E-state index is 11.4. The first-order valence-electron chi connectivity index (χ1n) is 12.6. The first kappa shape index (κ1) is 24.7. The van der Waals surface area contributed by atoms with Crippen molar-refractivity contribution >= 4 is 22.6 Å². The number of hydrogen-bond acceptors (Lipinski definition) is 6. The number of nitrogens with one attached hydrogen (secondary N) is 1. The molecule has 0 bridgehead atoms. The van der Waals surface area contributed by atoms with E-state index in [9.17, 15) is 9.90 Å². The molecule has 1 aromatic heterocycles. The molecule has 0 atom stereocenters. The minimum absolute atomic E-state index is 0.138. The zero-order valence-corrected chi connectivity index (χ0v) is 21.2. The number of aliphatic carboxylic acids is 1. The molecule has 37 heavy (non-hydrogen) atoms. The van der Waals surface area contributed by atoms with Crippen LogP contribution in [-0.2, 0) is 24.4 Å². The Labute approximate surface area is 216 Å². The van der Waals surface area contributed by atoms with Crippen molar-refractivity contribution in [3.8, 4) is 22.6 Å². The number of ether oxygens (including phenoxy) is 2. The van der Waals surface area contributed by atoms with Gasteiger partial charge in [0.1, 0.15) is 23.9 Å². The van der Waals surface area contributed by atoms with E-state index >= 15 is 0 Å². The Morgan fingerprint density at radius 1 is 1.14 bits per heavy atom. The second kappa shape index (κ2) is 10.6. The molecule has 0 radical (unpaired) electrons. The number of hydrogen-bond donors (Lipinski definition) is 3. The quantitative estimate of drug-likeness (QED) is 0.235. The third-order valence-corrected chi connectivity index (χ3v) is 6.86. The first-order chi connectivity index (χ1) is 17.9. The van der Waals surface area contributed by atoms with E-state index in [1.165, 1.54) is 12.8 Å². The van der Waals surface area contributed by atoms with E-state index in [-0.39, 0.29) is 13.0 Å². The normalized spacial score (nSPS) is 13.1. The third kappa shape index (κ3) is 5.57. The lowest BCUT2D eigenvalue weighted by Crippen LogP contribution is -2.05. The Hall–Kier alpha value is -3.97. The van der Waals surface area contributed by atoms with E-state index in [0.717, 1.165) is 51.2 Å². The van der Waals surface area contributed by atoms with Crippen molar-refractivity contribution in [3.63, 3.8) is 0 Å². The molecule has 1 saturated carbocycles. The number of aryl methyl sites for hydroxylation is 1. The van der Waals surface area contributed by atoms with E-state index in [1.807, 2.05) is 19.1 Å². The van der Waals surface area contributed by atoms with E-state index in [1.54, 1.807) is 25.3 Å². The number of anilines is 1. The Morgan fingerprint density at radius 2 is 1.97 bits per heavy atom. The minimum Gasteiger partial charge on any atom is -0.497 e. The number of fused-ring (bicyclic) bond motifs is 1. The molecule has 1 fully saturated rings. The van der Waals surface area contributed by atoms with Crippen molar-refractivity contribution < 1.29 is 23.8 Å². The SMILES string of the molecule is COc1ccc(CC(=O)O)c(OCc2c(C)oc3c(NCC4CC4)cc(-c4cccc(CN)c4)cc23)c1. The summed E-state index contributed by atoms with van der Waals surface area (Å²) in [5, 5.41) is 13.9. The van der Waals surface area contributed by atoms with Crippen molar-refractivity contribution in [1.29, 1.82) is 0 Å². The standard InChI is InChI=1S/C30H32N2O5/c1-18-26(17-36-28-14-24(35-2)9-8-22(28)13-29(33)34)25-11-23(21-5-3-4-20(10-21)15-31)12-27(30(25)37-18)32-16-19-6-7-19/h3-5,8-12,14,19,32H,6-7,13,15-17,31H2,1-2H3,(H,33,34). The number of furan rings is 1. The van der Waals surface area contributed by atoms with Crippen LogP contribution in [0.15, 0.2) is 59.0 Å². The fourth-order valence-corrected chi connectivity index (χ4v) is 4.55. The molecule has 0 unspecified atom stereocenters. The van der Waals surface area contributed by atoms with Crippen LogP contribution in [-0.4, -0.2) is 24.7 Å². The number of carbonyl (C=O) groups is 1. The molecule has 0 aliphatic heterocycles. The summed E-state index contributed by atoms with van der Waals surface area (Å²) in [6, 6.07) is 17.7. The number of benzene rings is 3. The van der Waals surface area contributed by atoms with Crippen LogP contribution in [0.3, 0.4) is 0 Å². The lowest BCUT2D eigenvalue weighted by Gasteiger charge is -2.13. The van der Waals surface area contributed by atoms with Gasteiger partial charge in [0.05, 0.1) is 19.2 Å². The molecular formula is C30H32N2O5. The van der Waals surface area contributed by atoms with Crippen LogP contribution in [0.1, 0.15) is 35.3 Å². The van der Waals surface area contributed by atoms with Crippen molar-refractivity contribution in [1.82, 2.24) is 0 Å². The molecule has 0 saturated heterocycles. The second-order valence-corrected chi connectivity index (χ2v) is 9.60. The Bertz CT molecular complexity index is 1440. The number of nitrogens with two attached hydrogens (primary N) is 1. The fraction of sp³-hybridized carbons (Fsp3) is 0.300. The van der Waals surface area contributed by atoms with Gasteiger partial charge in [0.25, 0.3) is 0 Å². The number of methoxy groups -OCH3 is 1. The first-order valence-corrected chi connectivity index (χ1v) is 12.6. The average Bonchev–Trinajstić information content (AvgIpc) is 3.68. The monoisotopic (exact) mass is 500 g/mol. The zero-order valence-electron chi connectivity index (χ0n) is 21.2. The van der Waals surface area contributed by atoms with Gasteiger partial charge in [0.15, 0.2) is 5.58 Å². The molecule has 1 aliphatic rings. The summed E-state index contributed by atoms with van der Waals surface area (Å²) < 4.78 is 17.8. The molecule has 7 heteroatoms. The second-order valence-electron chi connectivity index (χ2n) is 9.60. The molecule has 0 amide bonds. The van der Waals surface area contributed by atoms with Crippen molar-refractivity contribution in [3.05, 3.63) is 77.0 Å². The molecular weight excluding hydrogens is 468 g/mol. The number of carboxylic acid groups (broad SMARTS) is 1. The van der Waals surface area contributed by atoms with Gasteiger partial charge in [-0.25, -0.2) is 0 Å². The van der Waals surface area contributed by atoms with Crippen molar-refractivity contribution in [2.45, 2.75) is 39.3 Å². The van der Waals surface area contributed by atoms with Gasteiger partial charge in [-0.2, -0.15) is 0 Å². The lowest BCUT2D eigenvalue weighted by molar-refractivity contribution is -0.136. The predicted octanol–water partition coefficient (Wildman–Crippen LogP) is 5.90.